The molecule has 24 heavy (non-hydrogen) atoms. The number of hydrogen-bond acceptors (Lipinski definition) is 5. The van der Waals surface area contributed by atoms with Crippen molar-refractivity contribution in [2.45, 2.75) is 38.9 Å². The van der Waals surface area contributed by atoms with Crippen molar-refractivity contribution in [1.29, 1.82) is 0 Å². The maximum absolute atomic E-state index is 12.0. The third-order valence-corrected chi connectivity index (χ3v) is 4.36. The molecule has 2 aromatic rings. The summed E-state index contributed by atoms with van der Waals surface area (Å²) in [5.41, 5.74) is 1.30. The summed E-state index contributed by atoms with van der Waals surface area (Å²) >= 11 is 0. The third kappa shape index (κ3) is 4.11. The molecule has 1 fully saturated rings. The molecule has 0 bridgehead atoms. The van der Waals surface area contributed by atoms with Gasteiger partial charge in [-0.15, -0.1) is 0 Å². The van der Waals surface area contributed by atoms with Gasteiger partial charge in [-0.3, -0.25) is 4.90 Å². The SMILES string of the molecule is Cc1nc(CNC(=O)NC2CCN(C(C)c3ccccc3)C2)no1. The number of aryl methyl sites for hydroxylation is 1. The lowest BCUT2D eigenvalue weighted by Gasteiger charge is -2.24. The molecule has 0 aliphatic carbocycles. The Hall–Kier alpha value is -2.41. The van der Waals surface area contributed by atoms with Crippen molar-refractivity contribution in [2.24, 2.45) is 0 Å². The number of benzene rings is 1. The monoisotopic (exact) mass is 329 g/mol. The molecule has 2 heterocycles. The van der Waals surface area contributed by atoms with Crippen molar-refractivity contribution in [3.63, 3.8) is 0 Å². The summed E-state index contributed by atoms with van der Waals surface area (Å²) in [6.45, 7) is 6.02. The molecule has 128 valence electrons. The van der Waals surface area contributed by atoms with Crippen LogP contribution in [-0.4, -0.2) is 40.2 Å². The molecule has 7 nitrogen and oxygen atoms in total. The van der Waals surface area contributed by atoms with E-state index in [1.165, 1.54) is 5.56 Å². The van der Waals surface area contributed by atoms with Crippen molar-refractivity contribution >= 4 is 6.03 Å². The van der Waals surface area contributed by atoms with Crippen LogP contribution in [0.1, 0.15) is 36.7 Å². The van der Waals surface area contributed by atoms with Gasteiger partial charge >= 0.3 is 6.03 Å². The molecule has 1 aromatic carbocycles. The van der Waals surface area contributed by atoms with Gasteiger partial charge in [0, 0.05) is 32.1 Å². The van der Waals surface area contributed by atoms with Crippen LogP contribution < -0.4 is 10.6 Å². The highest BCUT2D eigenvalue weighted by Crippen LogP contribution is 2.24. The molecule has 1 aliphatic rings. The highest BCUT2D eigenvalue weighted by Gasteiger charge is 2.27. The van der Waals surface area contributed by atoms with E-state index in [0.29, 0.717) is 17.8 Å². The van der Waals surface area contributed by atoms with Gasteiger partial charge < -0.3 is 15.2 Å². The zero-order valence-electron chi connectivity index (χ0n) is 14.0. The Morgan fingerprint density at radius 1 is 1.42 bits per heavy atom. The highest BCUT2D eigenvalue weighted by molar-refractivity contribution is 5.74. The van der Waals surface area contributed by atoms with E-state index in [2.05, 4.69) is 56.9 Å². The standard InChI is InChI=1S/C17H23N5O2/c1-12(14-6-4-3-5-7-14)22-9-8-15(11-22)20-17(23)18-10-16-19-13(2)24-21-16/h3-7,12,15H,8-11H2,1-2H3,(H2,18,20,23). The quantitative estimate of drug-likeness (QED) is 0.877. The number of aromatic nitrogens is 2. The lowest BCUT2D eigenvalue weighted by Crippen LogP contribution is -2.43. The predicted molar refractivity (Wildman–Crippen MR) is 89.2 cm³/mol. The minimum Gasteiger partial charge on any atom is -0.340 e. The lowest BCUT2D eigenvalue weighted by atomic mass is 10.1. The molecular formula is C17H23N5O2. The minimum absolute atomic E-state index is 0.156. The Labute approximate surface area is 141 Å². The van der Waals surface area contributed by atoms with Crippen molar-refractivity contribution < 1.29 is 9.32 Å². The van der Waals surface area contributed by atoms with Gasteiger partial charge in [-0.2, -0.15) is 4.98 Å². The van der Waals surface area contributed by atoms with E-state index in [1.54, 1.807) is 6.92 Å². The summed E-state index contributed by atoms with van der Waals surface area (Å²) in [6, 6.07) is 10.7. The summed E-state index contributed by atoms with van der Waals surface area (Å²) in [5, 5.41) is 9.53. The van der Waals surface area contributed by atoms with Crippen LogP contribution >= 0.6 is 0 Å². The van der Waals surface area contributed by atoms with E-state index in [4.69, 9.17) is 4.52 Å². The molecule has 2 unspecified atom stereocenters. The summed E-state index contributed by atoms with van der Waals surface area (Å²) < 4.78 is 4.87. The first-order valence-electron chi connectivity index (χ1n) is 8.24. The van der Waals surface area contributed by atoms with Crippen LogP contribution in [0.25, 0.3) is 0 Å². The number of nitrogens with one attached hydrogen (secondary N) is 2. The lowest BCUT2D eigenvalue weighted by molar-refractivity contribution is 0.231. The Balaban J connectivity index is 1.44. The fourth-order valence-corrected chi connectivity index (χ4v) is 3.01. The maximum Gasteiger partial charge on any atom is 0.315 e. The van der Waals surface area contributed by atoms with E-state index < -0.39 is 0 Å². The Morgan fingerprint density at radius 2 is 2.21 bits per heavy atom. The second-order valence-electron chi connectivity index (χ2n) is 6.12. The summed E-state index contributed by atoms with van der Waals surface area (Å²) in [5.74, 6) is 0.974. The van der Waals surface area contributed by atoms with Gasteiger partial charge in [-0.1, -0.05) is 35.5 Å². The number of amides is 2. The molecular weight excluding hydrogens is 306 g/mol. The zero-order chi connectivity index (χ0) is 16.9. The van der Waals surface area contributed by atoms with Crippen LogP contribution in [0.3, 0.4) is 0 Å². The molecule has 0 spiro atoms. The number of rotatable bonds is 5. The number of carbonyl (C=O) groups is 1. The smallest absolute Gasteiger partial charge is 0.315 e. The Morgan fingerprint density at radius 3 is 2.92 bits per heavy atom. The number of urea groups is 1. The van der Waals surface area contributed by atoms with Gasteiger partial charge in [0.1, 0.15) is 0 Å². The van der Waals surface area contributed by atoms with Crippen LogP contribution in [0.15, 0.2) is 34.9 Å². The number of nitrogens with zero attached hydrogens (tertiary/aromatic N) is 3. The molecule has 7 heteroatoms. The predicted octanol–water partition coefficient (Wildman–Crippen LogP) is 2.01. The first-order valence-corrected chi connectivity index (χ1v) is 8.24. The second kappa shape index (κ2) is 7.44. The van der Waals surface area contributed by atoms with Crippen LogP contribution in [0.5, 0.6) is 0 Å². The number of carbonyl (C=O) groups excluding carboxylic acids is 1. The van der Waals surface area contributed by atoms with Gasteiger partial charge in [0.05, 0.1) is 6.54 Å². The van der Waals surface area contributed by atoms with Gasteiger partial charge in [0.15, 0.2) is 5.82 Å². The van der Waals surface area contributed by atoms with Crippen molar-refractivity contribution in [2.75, 3.05) is 13.1 Å². The molecule has 2 atom stereocenters. The van der Waals surface area contributed by atoms with Crippen LogP contribution in [0, 0.1) is 6.92 Å². The van der Waals surface area contributed by atoms with E-state index in [1.807, 2.05) is 6.07 Å². The van der Waals surface area contributed by atoms with Gasteiger partial charge in [-0.25, -0.2) is 4.79 Å². The third-order valence-electron chi connectivity index (χ3n) is 4.36. The van der Waals surface area contributed by atoms with Crippen molar-refractivity contribution in [3.05, 3.63) is 47.6 Å². The van der Waals surface area contributed by atoms with E-state index in [0.717, 1.165) is 19.5 Å². The molecule has 3 rings (SSSR count). The first-order chi connectivity index (χ1) is 11.6. The van der Waals surface area contributed by atoms with E-state index in [-0.39, 0.29) is 18.6 Å². The highest BCUT2D eigenvalue weighted by atomic mass is 16.5. The maximum atomic E-state index is 12.0. The minimum atomic E-state index is -0.198. The second-order valence-corrected chi connectivity index (χ2v) is 6.12. The molecule has 0 radical (unpaired) electrons. The van der Waals surface area contributed by atoms with Gasteiger partial charge in [0.2, 0.25) is 5.89 Å². The zero-order valence-corrected chi connectivity index (χ0v) is 14.0. The fourth-order valence-electron chi connectivity index (χ4n) is 3.01. The van der Waals surface area contributed by atoms with Gasteiger partial charge in [0.25, 0.3) is 0 Å². The molecule has 2 amide bonds. The molecule has 1 aliphatic heterocycles. The average molecular weight is 329 g/mol. The van der Waals surface area contributed by atoms with Crippen molar-refractivity contribution in [3.8, 4) is 0 Å². The Bertz CT molecular complexity index is 673. The molecule has 2 N–H and O–H groups in total. The summed E-state index contributed by atoms with van der Waals surface area (Å²) in [6.07, 6.45) is 0.950. The molecule has 1 saturated heterocycles. The van der Waals surface area contributed by atoms with Crippen LogP contribution in [-0.2, 0) is 6.54 Å². The largest absolute Gasteiger partial charge is 0.340 e. The first kappa shape index (κ1) is 16.4. The van der Waals surface area contributed by atoms with E-state index >= 15 is 0 Å². The normalized spacial score (nSPS) is 19.2. The van der Waals surface area contributed by atoms with Crippen LogP contribution in [0.4, 0.5) is 4.79 Å². The Kier molecular flexibility index (Phi) is 5.10. The fraction of sp³-hybridized carbons (Fsp3) is 0.471. The molecule has 0 saturated carbocycles. The van der Waals surface area contributed by atoms with Crippen molar-refractivity contribution in [1.82, 2.24) is 25.7 Å². The van der Waals surface area contributed by atoms with Gasteiger partial charge in [-0.05, 0) is 18.9 Å². The average Bonchev–Trinajstić information content (AvgIpc) is 3.22. The van der Waals surface area contributed by atoms with E-state index in [9.17, 15) is 4.79 Å². The van der Waals surface area contributed by atoms with Crippen LogP contribution in [0.2, 0.25) is 0 Å². The summed E-state index contributed by atoms with van der Waals surface area (Å²) in [7, 11) is 0. The topological polar surface area (TPSA) is 83.3 Å². The summed E-state index contributed by atoms with van der Waals surface area (Å²) in [4.78, 5) is 18.4. The molecule has 1 aromatic heterocycles. The number of hydrogen-bond donors (Lipinski definition) is 2. The number of likely N-dealkylation sites (tertiary alicyclic amines) is 1.